The van der Waals surface area contributed by atoms with E-state index in [0.717, 1.165) is 44.3 Å². The number of hydrogen-bond acceptors (Lipinski definition) is 4. The van der Waals surface area contributed by atoms with Crippen molar-refractivity contribution in [3.05, 3.63) is 146 Å². The lowest BCUT2D eigenvalue weighted by molar-refractivity contribution is 0.669. The van der Waals surface area contributed by atoms with Gasteiger partial charge < -0.3 is 8.98 Å². The quantitative estimate of drug-likeness (QED) is 0.203. The summed E-state index contributed by atoms with van der Waals surface area (Å²) < 4.78 is 8.49. The molecule has 0 N–H and O–H groups in total. The van der Waals surface area contributed by atoms with Crippen molar-refractivity contribution in [1.29, 1.82) is 0 Å². The molecule has 220 valence electrons. The molecule has 0 amide bonds. The van der Waals surface area contributed by atoms with E-state index in [1.807, 2.05) is 68.4 Å². The van der Waals surface area contributed by atoms with Gasteiger partial charge in [0.1, 0.15) is 11.2 Å². The number of para-hydroxylation sites is 3. The summed E-state index contributed by atoms with van der Waals surface area (Å²) in [5, 5.41) is 4.65. The average Bonchev–Trinajstić information content (AvgIpc) is 3.68. The summed E-state index contributed by atoms with van der Waals surface area (Å²) in [7, 11) is 0. The average molecular weight is 595 g/mol. The number of furan rings is 1. The highest BCUT2D eigenvalue weighted by atomic mass is 16.3. The Bertz CT molecular complexity index is 2440. The minimum absolute atomic E-state index is 0.600. The summed E-state index contributed by atoms with van der Waals surface area (Å²) in [4.78, 5) is 14.8. The molecule has 3 heterocycles. The molecule has 0 radical (unpaired) electrons. The molecule has 0 unspecified atom stereocenters. The van der Waals surface area contributed by atoms with Crippen molar-refractivity contribution in [2.45, 2.75) is 13.8 Å². The second-order valence-corrected chi connectivity index (χ2v) is 10.9. The van der Waals surface area contributed by atoms with E-state index in [-0.39, 0.29) is 0 Å². The van der Waals surface area contributed by atoms with Crippen LogP contribution in [0.15, 0.2) is 150 Å². The molecular formula is C41H30N4O. The van der Waals surface area contributed by atoms with Gasteiger partial charge in [-0.2, -0.15) is 0 Å². The minimum Gasteiger partial charge on any atom is -0.456 e. The van der Waals surface area contributed by atoms with Crippen LogP contribution < -0.4 is 0 Å². The standard InChI is InChI=1S/C39H24N4O.C2H6/c1-2-10-25(11-3-1)37-40-38(42-39(41-37)27-20-23-32-31-14-6-9-17-35(31)44-36(32)24-27)26-18-21-28(22-19-26)43-33-15-7-4-12-29(33)30-13-5-8-16-34(30)43;1-2/h1-24H;1-2H3. The Hall–Kier alpha value is -6.07. The third-order valence-corrected chi connectivity index (χ3v) is 8.27. The predicted octanol–water partition coefficient (Wildman–Crippen LogP) is 10.9. The fourth-order valence-corrected chi connectivity index (χ4v) is 6.18. The van der Waals surface area contributed by atoms with Crippen LogP contribution in [0.2, 0.25) is 0 Å². The summed E-state index contributed by atoms with van der Waals surface area (Å²) in [6.45, 7) is 4.00. The van der Waals surface area contributed by atoms with Gasteiger partial charge in [0, 0.05) is 43.9 Å². The van der Waals surface area contributed by atoms with E-state index in [4.69, 9.17) is 19.4 Å². The molecule has 0 spiro atoms. The maximum atomic E-state index is 6.18. The number of fused-ring (bicyclic) bond motifs is 6. The number of benzene rings is 6. The van der Waals surface area contributed by atoms with Crippen LogP contribution in [0.1, 0.15) is 13.8 Å². The second kappa shape index (κ2) is 11.5. The number of aromatic nitrogens is 4. The molecule has 5 nitrogen and oxygen atoms in total. The molecule has 0 aliphatic heterocycles. The van der Waals surface area contributed by atoms with Crippen LogP contribution in [-0.4, -0.2) is 19.5 Å². The number of rotatable bonds is 4. The molecule has 3 aromatic heterocycles. The zero-order chi connectivity index (χ0) is 31.0. The van der Waals surface area contributed by atoms with Gasteiger partial charge >= 0.3 is 0 Å². The van der Waals surface area contributed by atoms with Crippen molar-refractivity contribution in [3.8, 4) is 39.9 Å². The highest BCUT2D eigenvalue weighted by Gasteiger charge is 2.16. The third-order valence-electron chi connectivity index (χ3n) is 8.27. The van der Waals surface area contributed by atoms with Crippen molar-refractivity contribution >= 4 is 43.7 Å². The molecule has 6 aromatic carbocycles. The van der Waals surface area contributed by atoms with E-state index in [9.17, 15) is 0 Å². The van der Waals surface area contributed by atoms with Crippen LogP contribution in [0, 0.1) is 0 Å². The van der Waals surface area contributed by atoms with Gasteiger partial charge in [-0.05, 0) is 54.6 Å². The largest absolute Gasteiger partial charge is 0.456 e. The van der Waals surface area contributed by atoms with Gasteiger partial charge in [0.05, 0.1) is 11.0 Å². The van der Waals surface area contributed by atoms with Crippen LogP contribution >= 0.6 is 0 Å². The summed E-state index contributed by atoms with van der Waals surface area (Å²) in [6.07, 6.45) is 0. The molecule has 0 aliphatic rings. The first-order chi connectivity index (χ1) is 22.8. The van der Waals surface area contributed by atoms with E-state index in [1.54, 1.807) is 0 Å². The highest BCUT2D eigenvalue weighted by molar-refractivity contribution is 6.09. The Morgan fingerprint density at radius 3 is 1.54 bits per heavy atom. The van der Waals surface area contributed by atoms with Crippen LogP contribution in [0.25, 0.3) is 83.6 Å². The van der Waals surface area contributed by atoms with Gasteiger partial charge in [0.25, 0.3) is 0 Å². The maximum absolute atomic E-state index is 6.18. The van der Waals surface area contributed by atoms with Crippen LogP contribution in [0.4, 0.5) is 0 Å². The van der Waals surface area contributed by atoms with Gasteiger partial charge in [-0.3, -0.25) is 0 Å². The molecule has 46 heavy (non-hydrogen) atoms. The van der Waals surface area contributed by atoms with Crippen molar-refractivity contribution in [2.24, 2.45) is 0 Å². The molecular weight excluding hydrogens is 564 g/mol. The first-order valence-corrected chi connectivity index (χ1v) is 15.6. The number of hydrogen-bond donors (Lipinski definition) is 0. The lowest BCUT2D eigenvalue weighted by atomic mass is 10.1. The van der Waals surface area contributed by atoms with E-state index in [2.05, 4.69) is 95.6 Å². The maximum Gasteiger partial charge on any atom is 0.164 e. The summed E-state index contributed by atoms with van der Waals surface area (Å²) in [5.41, 5.74) is 7.84. The SMILES string of the molecule is CC.c1ccc(-c2nc(-c3ccc(-n4c5ccccc5c5ccccc54)cc3)nc(-c3ccc4c(c3)oc3ccccc34)n2)cc1. The molecule has 9 aromatic rings. The highest BCUT2D eigenvalue weighted by Crippen LogP contribution is 2.34. The van der Waals surface area contributed by atoms with Gasteiger partial charge in [-0.25, -0.2) is 15.0 Å². The topological polar surface area (TPSA) is 56.7 Å². The van der Waals surface area contributed by atoms with Gasteiger partial charge in [0.15, 0.2) is 17.5 Å². The molecule has 0 fully saturated rings. The van der Waals surface area contributed by atoms with E-state index in [0.29, 0.717) is 17.5 Å². The van der Waals surface area contributed by atoms with E-state index >= 15 is 0 Å². The molecule has 5 heteroatoms. The summed E-state index contributed by atoms with van der Waals surface area (Å²) >= 11 is 0. The summed E-state index contributed by atoms with van der Waals surface area (Å²) in [6, 6.07) is 49.8. The van der Waals surface area contributed by atoms with Gasteiger partial charge in [-0.1, -0.05) is 105 Å². The fourth-order valence-electron chi connectivity index (χ4n) is 6.18. The first kappa shape index (κ1) is 27.5. The second-order valence-electron chi connectivity index (χ2n) is 10.9. The lowest BCUT2D eigenvalue weighted by Gasteiger charge is -2.10. The van der Waals surface area contributed by atoms with Crippen molar-refractivity contribution in [2.75, 3.05) is 0 Å². The van der Waals surface area contributed by atoms with Crippen LogP contribution in [0.3, 0.4) is 0 Å². The molecule has 0 saturated heterocycles. The third kappa shape index (κ3) is 4.61. The minimum atomic E-state index is 0.600. The van der Waals surface area contributed by atoms with Crippen molar-refractivity contribution in [1.82, 2.24) is 19.5 Å². The van der Waals surface area contributed by atoms with Gasteiger partial charge in [0.2, 0.25) is 0 Å². The molecule has 9 rings (SSSR count). The monoisotopic (exact) mass is 594 g/mol. The Kier molecular flexibility index (Phi) is 6.84. The van der Waals surface area contributed by atoms with Crippen LogP contribution in [-0.2, 0) is 0 Å². The van der Waals surface area contributed by atoms with Crippen molar-refractivity contribution < 1.29 is 4.42 Å². The Balaban J connectivity index is 0.00000153. The van der Waals surface area contributed by atoms with Gasteiger partial charge in [-0.15, -0.1) is 0 Å². The van der Waals surface area contributed by atoms with E-state index < -0.39 is 0 Å². The first-order valence-electron chi connectivity index (χ1n) is 15.6. The lowest BCUT2D eigenvalue weighted by Crippen LogP contribution is -2.00. The Labute approximate surface area is 266 Å². The zero-order valence-corrected chi connectivity index (χ0v) is 25.6. The molecule has 0 bridgehead atoms. The van der Waals surface area contributed by atoms with E-state index in [1.165, 1.54) is 21.8 Å². The fraction of sp³-hybridized carbons (Fsp3) is 0.0488. The van der Waals surface area contributed by atoms with Crippen LogP contribution in [0.5, 0.6) is 0 Å². The smallest absolute Gasteiger partial charge is 0.164 e. The molecule has 0 aliphatic carbocycles. The predicted molar refractivity (Wildman–Crippen MR) is 189 cm³/mol. The number of nitrogens with zero attached hydrogens (tertiary/aromatic N) is 4. The summed E-state index contributed by atoms with van der Waals surface area (Å²) in [5.74, 6) is 1.84. The Morgan fingerprint density at radius 2 is 0.891 bits per heavy atom. The zero-order valence-electron chi connectivity index (χ0n) is 25.6. The van der Waals surface area contributed by atoms with Crippen molar-refractivity contribution in [3.63, 3.8) is 0 Å². The molecule has 0 saturated carbocycles. The molecule has 0 atom stereocenters. The normalized spacial score (nSPS) is 11.3. The Morgan fingerprint density at radius 1 is 0.413 bits per heavy atom.